The van der Waals surface area contributed by atoms with Gasteiger partial charge in [0.05, 0.1) is 11.0 Å². The zero-order valence-electron chi connectivity index (χ0n) is 10.3. The Balaban J connectivity index is 2.12. The molecule has 0 aromatic heterocycles. The van der Waals surface area contributed by atoms with E-state index >= 15 is 0 Å². The van der Waals surface area contributed by atoms with Crippen LogP contribution in [0.15, 0.2) is 18.2 Å². The minimum atomic E-state index is -0.541. The first-order valence-electron chi connectivity index (χ1n) is 6.17. The molecule has 1 aliphatic rings. The minimum Gasteiger partial charge on any atom is -0.483 e. The summed E-state index contributed by atoms with van der Waals surface area (Å²) in [4.78, 5) is 10.3. The van der Waals surface area contributed by atoms with Gasteiger partial charge in [-0.1, -0.05) is 6.92 Å². The molecule has 0 N–H and O–H groups in total. The lowest BCUT2D eigenvalue weighted by molar-refractivity contribution is -0.386. The number of hydrogen-bond donors (Lipinski definition) is 0. The Hall–Kier alpha value is -1.65. The molecule has 1 aromatic carbocycles. The van der Waals surface area contributed by atoms with Crippen LogP contribution in [0.25, 0.3) is 0 Å². The summed E-state index contributed by atoms with van der Waals surface area (Å²) in [6.45, 7) is 2.18. The Morgan fingerprint density at radius 2 is 2.00 bits per heavy atom. The van der Waals surface area contributed by atoms with Crippen molar-refractivity contribution in [3.8, 4) is 5.75 Å². The van der Waals surface area contributed by atoms with Gasteiger partial charge in [-0.2, -0.15) is 0 Å². The molecular weight excluding hydrogens is 237 g/mol. The highest BCUT2D eigenvalue weighted by Crippen LogP contribution is 2.32. The third-order valence-electron chi connectivity index (χ3n) is 3.38. The van der Waals surface area contributed by atoms with Crippen molar-refractivity contribution in [1.82, 2.24) is 0 Å². The molecule has 1 saturated carbocycles. The molecule has 0 amide bonds. The predicted molar refractivity (Wildman–Crippen MR) is 65.1 cm³/mol. The number of rotatable bonds is 3. The van der Waals surface area contributed by atoms with Gasteiger partial charge in [-0.3, -0.25) is 10.1 Å². The van der Waals surface area contributed by atoms with E-state index in [0.717, 1.165) is 43.9 Å². The van der Waals surface area contributed by atoms with Gasteiger partial charge < -0.3 is 4.74 Å². The van der Waals surface area contributed by atoms with Crippen molar-refractivity contribution in [3.63, 3.8) is 0 Å². The summed E-state index contributed by atoms with van der Waals surface area (Å²) in [5.41, 5.74) is -0.171. The molecule has 0 radical (unpaired) electrons. The Kier molecular flexibility index (Phi) is 3.79. The van der Waals surface area contributed by atoms with Gasteiger partial charge in [0.15, 0.2) is 5.75 Å². The molecule has 0 saturated heterocycles. The first-order valence-corrected chi connectivity index (χ1v) is 6.17. The van der Waals surface area contributed by atoms with Gasteiger partial charge in [-0.05, 0) is 37.7 Å². The van der Waals surface area contributed by atoms with E-state index < -0.39 is 10.7 Å². The van der Waals surface area contributed by atoms with Crippen molar-refractivity contribution in [2.45, 2.75) is 38.7 Å². The van der Waals surface area contributed by atoms with Crippen molar-refractivity contribution < 1.29 is 14.1 Å². The van der Waals surface area contributed by atoms with Crippen LogP contribution in [0, 0.1) is 21.8 Å². The molecule has 0 unspecified atom stereocenters. The van der Waals surface area contributed by atoms with Crippen LogP contribution in [0.1, 0.15) is 32.6 Å². The van der Waals surface area contributed by atoms with E-state index in [9.17, 15) is 14.5 Å². The van der Waals surface area contributed by atoms with Crippen molar-refractivity contribution >= 4 is 5.69 Å². The van der Waals surface area contributed by atoms with Crippen molar-refractivity contribution in [2.24, 2.45) is 5.92 Å². The number of benzene rings is 1. The molecule has 5 heteroatoms. The average molecular weight is 253 g/mol. The van der Waals surface area contributed by atoms with Gasteiger partial charge in [-0.15, -0.1) is 0 Å². The molecule has 0 atom stereocenters. The van der Waals surface area contributed by atoms with Gasteiger partial charge in [0, 0.05) is 12.1 Å². The van der Waals surface area contributed by atoms with Gasteiger partial charge in [-0.25, -0.2) is 4.39 Å². The first-order chi connectivity index (χ1) is 8.56. The second-order valence-corrected chi connectivity index (χ2v) is 4.87. The number of nitro benzene ring substituents is 1. The lowest BCUT2D eigenvalue weighted by Crippen LogP contribution is -2.23. The Morgan fingerprint density at radius 3 is 2.61 bits per heavy atom. The fraction of sp³-hybridized carbons (Fsp3) is 0.538. The summed E-state index contributed by atoms with van der Waals surface area (Å²) in [5, 5.41) is 10.8. The van der Waals surface area contributed by atoms with E-state index in [1.54, 1.807) is 0 Å². The van der Waals surface area contributed by atoms with Crippen LogP contribution in [0.2, 0.25) is 0 Å². The molecule has 1 fully saturated rings. The molecule has 18 heavy (non-hydrogen) atoms. The van der Waals surface area contributed by atoms with E-state index in [4.69, 9.17) is 4.74 Å². The zero-order chi connectivity index (χ0) is 13.1. The van der Waals surface area contributed by atoms with Gasteiger partial charge in [0.25, 0.3) is 0 Å². The highest BCUT2D eigenvalue weighted by molar-refractivity contribution is 5.46. The van der Waals surface area contributed by atoms with Crippen LogP contribution < -0.4 is 4.74 Å². The van der Waals surface area contributed by atoms with Crippen molar-refractivity contribution in [2.75, 3.05) is 0 Å². The van der Waals surface area contributed by atoms with E-state index in [-0.39, 0.29) is 17.5 Å². The van der Waals surface area contributed by atoms with Crippen LogP contribution >= 0.6 is 0 Å². The standard InChI is InChI=1S/C13H16FNO3/c1-9-2-5-11(6-3-9)18-13-8-10(14)4-7-12(13)15(16)17/h4,7-9,11H,2-3,5-6H2,1H3. The smallest absolute Gasteiger partial charge is 0.311 e. The van der Waals surface area contributed by atoms with E-state index in [1.807, 2.05) is 0 Å². The number of hydrogen-bond acceptors (Lipinski definition) is 3. The molecule has 0 heterocycles. The normalized spacial score (nSPS) is 23.7. The van der Waals surface area contributed by atoms with Crippen LogP contribution in [0.3, 0.4) is 0 Å². The second-order valence-electron chi connectivity index (χ2n) is 4.87. The van der Waals surface area contributed by atoms with E-state index in [2.05, 4.69) is 6.92 Å². The van der Waals surface area contributed by atoms with Crippen LogP contribution in [0.4, 0.5) is 10.1 Å². The molecule has 1 aliphatic carbocycles. The fourth-order valence-electron chi connectivity index (χ4n) is 2.26. The van der Waals surface area contributed by atoms with Crippen molar-refractivity contribution in [3.05, 3.63) is 34.1 Å². The maximum absolute atomic E-state index is 13.1. The van der Waals surface area contributed by atoms with Crippen LogP contribution in [0.5, 0.6) is 5.75 Å². The summed E-state index contributed by atoms with van der Waals surface area (Å²) in [7, 11) is 0. The Morgan fingerprint density at radius 1 is 1.33 bits per heavy atom. The largest absolute Gasteiger partial charge is 0.483 e. The number of ether oxygens (including phenoxy) is 1. The Bertz CT molecular complexity index is 442. The molecule has 1 aromatic rings. The molecule has 0 aliphatic heterocycles. The molecular formula is C13H16FNO3. The van der Waals surface area contributed by atoms with E-state index in [0.29, 0.717) is 5.92 Å². The number of halogens is 1. The first kappa shape index (κ1) is 12.8. The molecule has 2 rings (SSSR count). The summed E-state index contributed by atoms with van der Waals surface area (Å²) in [5.74, 6) is 0.201. The maximum Gasteiger partial charge on any atom is 0.311 e. The SMILES string of the molecule is CC1CCC(Oc2cc(F)ccc2[N+](=O)[O-])CC1. The molecule has 0 spiro atoms. The molecule has 4 nitrogen and oxygen atoms in total. The zero-order valence-corrected chi connectivity index (χ0v) is 10.3. The lowest BCUT2D eigenvalue weighted by atomic mass is 9.89. The third-order valence-corrected chi connectivity index (χ3v) is 3.38. The number of nitrogens with zero attached hydrogens (tertiary/aromatic N) is 1. The summed E-state index contributed by atoms with van der Waals surface area (Å²) in [6, 6.07) is 3.32. The third kappa shape index (κ3) is 2.97. The summed E-state index contributed by atoms with van der Waals surface area (Å²) in [6.07, 6.45) is 3.80. The predicted octanol–water partition coefficient (Wildman–Crippen LogP) is 3.69. The van der Waals surface area contributed by atoms with Gasteiger partial charge in [0.2, 0.25) is 0 Å². The molecule has 0 bridgehead atoms. The van der Waals surface area contributed by atoms with Crippen molar-refractivity contribution in [1.29, 1.82) is 0 Å². The van der Waals surface area contributed by atoms with Gasteiger partial charge >= 0.3 is 5.69 Å². The van der Waals surface area contributed by atoms with E-state index in [1.165, 1.54) is 0 Å². The lowest BCUT2D eigenvalue weighted by Gasteiger charge is -2.26. The highest BCUT2D eigenvalue weighted by atomic mass is 19.1. The van der Waals surface area contributed by atoms with Crippen LogP contribution in [-0.4, -0.2) is 11.0 Å². The minimum absolute atomic E-state index is 0.0401. The Labute approximate surface area is 105 Å². The topological polar surface area (TPSA) is 52.4 Å². The maximum atomic E-state index is 13.1. The van der Waals surface area contributed by atoms with Gasteiger partial charge in [0.1, 0.15) is 5.82 Å². The monoisotopic (exact) mass is 253 g/mol. The second kappa shape index (κ2) is 5.33. The van der Waals surface area contributed by atoms with Crippen LogP contribution in [-0.2, 0) is 0 Å². The number of nitro groups is 1. The quantitative estimate of drug-likeness (QED) is 0.609. The highest BCUT2D eigenvalue weighted by Gasteiger charge is 2.23. The molecule has 98 valence electrons. The summed E-state index contributed by atoms with van der Waals surface area (Å²) < 4.78 is 18.7. The average Bonchev–Trinajstić information content (AvgIpc) is 2.32. The fourth-order valence-corrected chi connectivity index (χ4v) is 2.26. The summed E-state index contributed by atoms with van der Waals surface area (Å²) >= 11 is 0.